The van der Waals surface area contributed by atoms with E-state index in [1.54, 1.807) is 11.3 Å². The predicted octanol–water partition coefficient (Wildman–Crippen LogP) is 4.06. The second-order valence-corrected chi connectivity index (χ2v) is 5.90. The van der Waals surface area contributed by atoms with E-state index < -0.39 is 0 Å². The molecule has 16 heavy (non-hydrogen) atoms. The first-order valence-electron chi connectivity index (χ1n) is 5.20. The third-order valence-corrected chi connectivity index (χ3v) is 3.85. The molecule has 0 saturated carbocycles. The average Bonchev–Trinajstić information content (AvgIpc) is 2.68. The fraction of sp³-hybridized carbons (Fsp3) is 0.231. The maximum Gasteiger partial charge on any atom is 0.0344 e. The predicted molar refractivity (Wildman–Crippen MR) is 73.8 cm³/mol. The highest BCUT2D eigenvalue weighted by Gasteiger charge is 2.08. The van der Waals surface area contributed by atoms with Crippen molar-refractivity contribution in [3.05, 3.63) is 56.2 Å². The second kappa shape index (κ2) is 5.13. The number of thiophene rings is 1. The van der Waals surface area contributed by atoms with Gasteiger partial charge in [-0.1, -0.05) is 28.1 Å². The minimum Gasteiger partial charge on any atom is -0.324 e. The number of hydrogen-bond acceptors (Lipinski definition) is 2. The van der Waals surface area contributed by atoms with Gasteiger partial charge in [0, 0.05) is 21.8 Å². The zero-order valence-corrected chi connectivity index (χ0v) is 11.5. The van der Waals surface area contributed by atoms with Gasteiger partial charge in [0.2, 0.25) is 0 Å². The van der Waals surface area contributed by atoms with Crippen LogP contribution in [0, 0.1) is 6.92 Å². The van der Waals surface area contributed by atoms with Gasteiger partial charge >= 0.3 is 0 Å². The van der Waals surface area contributed by atoms with Gasteiger partial charge in [-0.15, -0.1) is 11.3 Å². The molecule has 1 heterocycles. The lowest BCUT2D eigenvalue weighted by molar-refractivity contribution is 0.729. The first-order valence-corrected chi connectivity index (χ1v) is 6.87. The summed E-state index contributed by atoms with van der Waals surface area (Å²) in [6.07, 6.45) is 0.910. The summed E-state index contributed by atoms with van der Waals surface area (Å²) >= 11 is 5.27. The Bertz CT molecular complexity index is 445. The first-order chi connectivity index (χ1) is 7.65. The van der Waals surface area contributed by atoms with Crippen LogP contribution in [0.25, 0.3) is 0 Å². The molecule has 2 aromatic rings. The number of halogens is 1. The third kappa shape index (κ3) is 2.94. The summed E-state index contributed by atoms with van der Waals surface area (Å²) in [5, 5.41) is 2.09. The highest BCUT2D eigenvalue weighted by molar-refractivity contribution is 9.10. The molecular weight excluding hydrogens is 282 g/mol. The van der Waals surface area contributed by atoms with Crippen LogP contribution in [0.2, 0.25) is 0 Å². The molecule has 0 saturated heterocycles. The zero-order valence-electron chi connectivity index (χ0n) is 9.11. The number of rotatable bonds is 3. The van der Waals surface area contributed by atoms with Crippen molar-refractivity contribution in [1.29, 1.82) is 0 Å². The SMILES string of the molecule is Cc1cc(Br)cc(C(N)Cc2cccs2)c1. The van der Waals surface area contributed by atoms with E-state index in [1.165, 1.54) is 16.0 Å². The molecule has 0 fully saturated rings. The molecule has 3 heteroatoms. The smallest absolute Gasteiger partial charge is 0.0344 e. The molecular formula is C13H14BrNS. The standard InChI is InChI=1S/C13H14BrNS/c1-9-5-10(7-11(14)6-9)13(15)8-12-3-2-4-16-12/h2-7,13H,8,15H2,1H3. The van der Waals surface area contributed by atoms with E-state index in [1.807, 2.05) is 0 Å². The van der Waals surface area contributed by atoms with Gasteiger partial charge in [-0.3, -0.25) is 0 Å². The van der Waals surface area contributed by atoms with Gasteiger partial charge in [-0.25, -0.2) is 0 Å². The molecule has 0 aliphatic heterocycles. The van der Waals surface area contributed by atoms with Gasteiger partial charge in [-0.2, -0.15) is 0 Å². The van der Waals surface area contributed by atoms with E-state index in [-0.39, 0.29) is 6.04 Å². The Balaban J connectivity index is 2.17. The minimum absolute atomic E-state index is 0.0786. The van der Waals surface area contributed by atoms with E-state index in [4.69, 9.17) is 5.73 Å². The molecule has 0 amide bonds. The molecule has 84 valence electrons. The van der Waals surface area contributed by atoms with Crippen LogP contribution in [0.1, 0.15) is 22.0 Å². The molecule has 0 bridgehead atoms. The van der Waals surface area contributed by atoms with E-state index in [9.17, 15) is 0 Å². The molecule has 1 aromatic heterocycles. The van der Waals surface area contributed by atoms with Crippen molar-refractivity contribution in [3.8, 4) is 0 Å². The maximum absolute atomic E-state index is 6.21. The molecule has 1 nitrogen and oxygen atoms in total. The van der Waals surface area contributed by atoms with Crippen molar-refractivity contribution in [2.75, 3.05) is 0 Å². The van der Waals surface area contributed by atoms with Crippen LogP contribution >= 0.6 is 27.3 Å². The summed E-state index contributed by atoms with van der Waals surface area (Å²) < 4.78 is 1.10. The van der Waals surface area contributed by atoms with E-state index in [2.05, 4.69) is 58.6 Å². The summed E-state index contributed by atoms with van der Waals surface area (Å²) in [7, 11) is 0. The lowest BCUT2D eigenvalue weighted by Gasteiger charge is -2.12. The van der Waals surface area contributed by atoms with Crippen molar-refractivity contribution < 1.29 is 0 Å². The Kier molecular flexibility index (Phi) is 3.79. The van der Waals surface area contributed by atoms with Gasteiger partial charge in [0.1, 0.15) is 0 Å². The lowest BCUT2D eigenvalue weighted by atomic mass is 10.0. The molecule has 2 N–H and O–H groups in total. The van der Waals surface area contributed by atoms with Crippen LogP contribution in [-0.2, 0) is 6.42 Å². The molecule has 0 aliphatic carbocycles. The summed E-state index contributed by atoms with van der Waals surface area (Å²) in [6, 6.07) is 10.6. The Morgan fingerprint density at radius 3 is 2.81 bits per heavy atom. The molecule has 0 radical (unpaired) electrons. The second-order valence-electron chi connectivity index (χ2n) is 3.95. The molecule has 0 aliphatic rings. The lowest BCUT2D eigenvalue weighted by Crippen LogP contribution is -2.12. The van der Waals surface area contributed by atoms with Crippen LogP contribution in [0.5, 0.6) is 0 Å². The van der Waals surface area contributed by atoms with E-state index in [0.717, 1.165) is 10.9 Å². The van der Waals surface area contributed by atoms with Crippen molar-refractivity contribution in [1.82, 2.24) is 0 Å². The summed E-state index contributed by atoms with van der Waals surface area (Å²) in [6.45, 7) is 2.09. The molecule has 2 rings (SSSR count). The number of hydrogen-bond donors (Lipinski definition) is 1. The van der Waals surface area contributed by atoms with Crippen molar-refractivity contribution in [2.45, 2.75) is 19.4 Å². The molecule has 1 unspecified atom stereocenters. The molecule has 1 aromatic carbocycles. The Hall–Kier alpha value is -0.640. The van der Waals surface area contributed by atoms with Gasteiger partial charge in [0.05, 0.1) is 0 Å². The van der Waals surface area contributed by atoms with Gasteiger partial charge in [0.25, 0.3) is 0 Å². The van der Waals surface area contributed by atoms with Crippen molar-refractivity contribution >= 4 is 27.3 Å². The highest BCUT2D eigenvalue weighted by atomic mass is 79.9. The number of aryl methyl sites for hydroxylation is 1. The Labute approximate surface area is 108 Å². The normalized spacial score (nSPS) is 12.7. The fourth-order valence-electron chi connectivity index (χ4n) is 1.74. The fourth-order valence-corrected chi connectivity index (χ4v) is 3.13. The van der Waals surface area contributed by atoms with Gasteiger partial charge in [0.15, 0.2) is 0 Å². The zero-order chi connectivity index (χ0) is 11.5. The topological polar surface area (TPSA) is 26.0 Å². The third-order valence-electron chi connectivity index (χ3n) is 2.49. The van der Waals surface area contributed by atoms with Gasteiger partial charge < -0.3 is 5.73 Å². The van der Waals surface area contributed by atoms with Crippen LogP contribution in [-0.4, -0.2) is 0 Å². The Morgan fingerprint density at radius 1 is 1.38 bits per heavy atom. The number of benzene rings is 1. The highest BCUT2D eigenvalue weighted by Crippen LogP contribution is 2.23. The largest absolute Gasteiger partial charge is 0.324 e. The van der Waals surface area contributed by atoms with Crippen molar-refractivity contribution in [2.24, 2.45) is 5.73 Å². The maximum atomic E-state index is 6.21. The monoisotopic (exact) mass is 295 g/mol. The van der Waals surface area contributed by atoms with Crippen LogP contribution in [0.15, 0.2) is 40.2 Å². The number of nitrogens with two attached hydrogens (primary N) is 1. The van der Waals surface area contributed by atoms with Crippen molar-refractivity contribution in [3.63, 3.8) is 0 Å². The summed E-state index contributed by atoms with van der Waals surface area (Å²) in [5.41, 5.74) is 8.65. The van der Waals surface area contributed by atoms with Crippen LogP contribution in [0.4, 0.5) is 0 Å². The van der Waals surface area contributed by atoms with Crippen LogP contribution in [0.3, 0.4) is 0 Å². The van der Waals surface area contributed by atoms with Crippen LogP contribution < -0.4 is 5.73 Å². The van der Waals surface area contributed by atoms with E-state index in [0.29, 0.717) is 0 Å². The Morgan fingerprint density at radius 2 is 2.19 bits per heavy atom. The first kappa shape index (κ1) is 11.8. The quantitative estimate of drug-likeness (QED) is 0.908. The van der Waals surface area contributed by atoms with Gasteiger partial charge in [-0.05, 0) is 41.6 Å². The summed E-state index contributed by atoms with van der Waals surface area (Å²) in [4.78, 5) is 1.34. The van der Waals surface area contributed by atoms with E-state index >= 15 is 0 Å². The average molecular weight is 296 g/mol. The molecule has 1 atom stereocenters. The summed E-state index contributed by atoms with van der Waals surface area (Å²) in [5.74, 6) is 0. The molecule has 0 spiro atoms. The minimum atomic E-state index is 0.0786.